The summed E-state index contributed by atoms with van der Waals surface area (Å²) in [7, 11) is 1.82. The van der Waals surface area contributed by atoms with Crippen molar-refractivity contribution in [3.05, 3.63) is 29.3 Å². The minimum Gasteiger partial charge on any atom is -0.388 e. The second-order valence-electron chi connectivity index (χ2n) is 2.71. The molecule has 1 aromatic carbocycles. The van der Waals surface area contributed by atoms with E-state index in [1.165, 1.54) is 0 Å². The van der Waals surface area contributed by atoms with Crippen molar-refractivity contribution in [1.29, 1.82) is 5.41 Å². The molecule has 0 aliphatic heterocycles. The summed E-state index contributed by atoms with van der Waals surface area (Å²) in [5.41, 5.74) is 8.20. The van der Waals surface area contributed by atoms with Crippen LogP contribution in [0.5, 0.6) is 0 Å². The maximum atomic E-state index is 7.29. The first-order valence-corrected chi connectivity index (χ1v) is 3.78. The highest BCUT2D eigenvalue weighted by Gasteiger charge is 2.02. The van der Waals surface area contributed by atoms with E-state index in [0.29, 0.717) is 0 Å². The molecule has 3 heteroatoms. The van der Waals surface area contributed by atoms with Gasteiger partial charge in [0.15, 0.2) is 0 Å². The fourth-order valence-electron chi connectivity index (χ4n) is 1.10. The summed E-state index contributed by atoms with van der Waals surface area (Å²) in [4.78, 5) is 0. The van der Waals surface area contributed by atoms with Crippen LogP contribution in [0, 0.1) is 12.3 Å². The molecule has 3 nitrogen and oxygen atoms in total. The van der Waals surface area contributed by atoms with Gasteiger partial charge in [0.25, 0.3) is 0 Å². The zero-order valence-electron chi connectivity index (χ0n) is 7.31. The van der Waals surface area contributed by atoms with Crippen LogP contribution in [0.3, 0.4) is 0 Å². The van der Waals surface area contributed by atoms with E-state index in [0.717, 1.165) is 16.8 Å². The van der Waals surface area contributed by atoms with Crippen molar-refractivity contribution < 1.29 is 0 Å². The summed E-state index contributed by atoms with van der Waals surface area (Å²) in [5, 5.41) is 10.3. The largest absolute Gasteiger partial charge is 0.388 e. The van der Waals surface area contributed by atoms with Crippen molar-refractivity contribution in [3.8, 4) is 0 Å². The number of anilines is 1. The molecule has 0 amide bonds. The molecule has 64 valence electrons. The minimum absolute atomic E-state index is 0.0966. The number of rotatable bonds is 2. The van der Waals surface area contributed by atoms with E-state index in [9.17, 15) is 0 Å². The van der Waals surface area contributed by atoms with E-state index >= 15 is 0 Å². The van der Waals surface area contributed by atoms with Crippen molar-refractivity contribution >= 4 is 11.5 Å². The molecule has 1 rings (SSSR count). The molecule has 0 unspecified atom stereocenters. The van der Waals surface area contributed by atoms with Crippen molar-refractivity contribution in [2.45, 2.75) is 6.92 Å². The molecule has 0 spiro atoms. The number of benzene rings is 1. The number of amidine groups is 1. The van der Waals surface area contributed by atoms with Gasteiger partial charge in [-0.2, -0.15) is 0 Å². The van der Waals surface area contributed by atoms with Gasteiger partial charge < -0.3 is 11.1 Å². The Hall–Kier alpha value is -1.51. The van der Waals surface area contributed by atoms with Crippen LogP contribution in [0.2, 0.25) is 0 Å². The quantitative estimate of drug-likeness (QED) is 0.455. The molecule has 0 heterocycles. The predicted octanol–water partition coefficient (Wildman–Crippen LogP) is 1.32. The number of hydrogen-bond donors (Lipinski definition) is 3. The highest BCUT2D eigenvalue weighted by atomic mass is 14.8. The van der Waals surface area contributed by atoms with Crippen LogP contribution in [-0.2, 0) is 0 Å². The Morgan fingerprint density at radius 1 is 1.50 bits per heavy atom. The van der Waals surface area contributed by atoms with Gasteiger partial charge in [-0.25, -0.2) is 0 Å². The summed E-state index contributed by atoms with van der Waals surface area (Å²) in [6.07, 6.45) is 0. The molecule has 0 saturated carbocycles. The van der Waals surface area contributed by atoms with Crippen molar-refractivity contribution in [2.24, 2.45) is 5.73 Å². The molecule has 4 N–H and O–H groups in total. The van der Waals surface area contributed by atoms with Crippen LogP contribution in [0.4, 0.5) is 5.69 Å². The first-order chi connectivity index (χ1) is 5.65. The van der Waals surface area contributed by atoms with Crippen LogP contribution in [0.1, 0.15) is 11.1 Å². The Kier molecular flexibility index (Phi) is 2.33. The first kappa shape index (κ1) is 8.59. The van der Waals surface area contributed by atoms with E-state index < -0.39 is 0 Å². The van der Waals surface area contributed by atoms with Gasteiger partial charge in [0, 0.05) is 18.3 Å². The Bertz CT molecular complexity index is 305. The highest BCUT2D eigenvalue weighted by molar-refractivity contribution is 6.00. The van der Waals surface area contributed by atoms with Crippen molar-refractivity contribution in [1.82, 2.24) is 0 Å². The molecule has 0 aromatic heterocycles. The zero-order valence-corrected chi connectivity index (χ0v) is 7.31. The molecule has 0 aliphatic carbocycles. The Balaban J connectivity index is 3.20. The lowest BCUT2D eigenvalue weighted by Crippen LogP contribution is -2.13. The standard InChI is InChI=1S/C9H13N3/c1-6-3-4-7(9(10)11)8(5-6)12-2/h3-5,12H,1-2H3,(H3,10,11). The van der Waals surface area contributed by atoms with Crippen LogP contribution in [-0.4, -0.2) is 12.9 Å². The number of nitrogens with two attached hydrogens (primary N) is 1. The van der Waals surface area contributed by atoms with Gasteiger partial charge in [0.05, 0.1) is 0 Å². The molecule has 0 fully saturated rings. The smallest absolute Gasteiger partial charge is 0.124 e. The Morgan fingerprint density at radius 2 is 2.17 bits per heavy atom. The number of nitrogen functional groups attached to an aromatic ring is 1. The van der Waals surface area contributed by atoms with Gasteiger partial charge in [0.2, 0.25) is 0 Å². The zero-order chi connectivity index (χ0) is 9.14. The van der Waals surface area contributed by atoms with Crippen LogP contribution < -0.4 is 11.1 Å². The normalized spacial score (nSPS) is 9.50. The van der Waals surface area contributed by atoms with E-state index in [1.54, 1.807) is 0 Å². The Morgan fingerprint density at radius 3 is 2.67 bits per heavy atom. The van der Waals surface area contributed by atoms with E-state index in [4.69, 9.17) is 11.1 Å². The SMILES string of the molecule is CNc1cc(C)ccc1C(=N)N. The lowest BCUT2D eigenvalue weighted by atomic mass is 10.1. The van der Waals surface area contributed by atoms with E-state index in [2.05, 4.69) is 5.32 Å². The van der Waals surface area contributed by atoms with Crippen molar-refractivity contribution in [3.63, 3.8) is 0 Å². The first-order valence-electron chi connectivity index (χ1n) is 3.78. The predicted molar refractivity (Wildman–Crippen MR) is 51.7 cm³/mol. The number of hydrogen-bond acceptors (Lipinski definition) is 2. The van der Waals surface area contributed by atoms with Gasteiger partial charge >= 0.3 is 0 Å². The van der Waals surface area contributed by atoms with Gasteiger partial charge in [-0.3, -0.25) is 5.41 Å². The summed E-state index contributed by atoms with van der Waals surface area (Å²) >= 11 is 0. The molecule has 12 heavy (non-hydrogen) atoms. The maximum Gasteiger partial charge on any atom is 0.124 e. The van der Waals surface area contributed by atoms with Gasteiger partial charge in [0.1, 0.15) is 5.84 Å². The summed E-state index contributed by atoms with van der Waals surface area (Å²) in [6, 6.07) is 5.76. The lowest BCUT2D eigenvalue weighted by Gasteiger charge is -2.07. The third kappa shape index (κ3) is 1.56. The minimum atomic E-state index is 0.0966. The molecule has 1 aromatic rings. The second-order valence-corrected chi connectivity index (χ2v) is 2.71. The lowest BCUT2D eigenvalue weighted by molar-refractivity contribution is 1.37. The molecule has 0 radical (unpaired) electrons. The van der Waals surface area contributed by atoms with E-state index in [1.807, 2.05) is 32.2 Å². The topological polar surface area (TPSA) is 61.9 Å². The van der Waals surface area contributed by atoms with Crippen LogP contribution >= 0.6 is 0 Å². The van der Waals surface area contributed by atoms with Crippen LogP contribution in [0.25, 0.3) is 0 Å². The summed E-state index contributed by atoms with van der Waals surface area (Å²) in [5.74, 6) is 0.0966. The third-order valence-corrected chi connectivity index (χ3v) is 1.73. The maximum absolute atomic E-state index is 7.29. The molecule has 0 bridgehead atoms. The molecule has 0 saturated heterocycles. The molecule has 0 atom stereocenters. The highest BCUT2D eigenvalue weighted by Crippen LogP contribution is 2.15. The number of aryl methyl sites for hydroxylation is 1. The fraction of sp³-hybridized carbons (Fsp3) is 0.222. The van der Waals surface area contributed by atoms with Crippen molar-refractivity contribution in [2.75, 3.05) is 12.4 Å². The number of nitrogens with one attached hydrogen (secondary N) is 2. The van der Waals surface area contributed by atoms with Gasteiger partial charge in [-0.1, -0.05) is 6.07 Å². The Labute approximate surface area is 72.1 Å². The summed E-state index contributed by atoms with van der Waals surface area (Å²) in [6.45, 7) is 2.00. The third-order valence-electron chi connectivity index (χ3n) is 1.73. The average molecular weight is 163 g/mol. The average Bonchev–Trinajstić information content (AvgIpc) is 2.03. The fourth-order valence-corrected chi connectivity index (χ4v) is 1.10. The van der Waals surface area contributed by atoms with Gasteiger partial charge in [-0.05, 0) is 24.6 Å². The molecular formula is C9H13N3. The van der Waals surface area contributed by atoms with Gasteiger partial charge in [-0.15, -0.1) is 0 Å². The summed E-state index contributed by atoms with van der Waals surface area (Å²) < 4.78 is 0. The monoisotopic (exact) mass is 163 g/mol. The molecule has 0 aliphatic rings. The second kappa shape index (κ2) is 3.26. The molecular weight excluding hydrogens is 150 g/mol. The van der Waals surface area contributed by atoms with E-state index in [-0.39, 0.29) is 5.84 Å². The van der Waals surface area contributed by atoms with Crippen LogP contribution in [0.15, 0.2) is 18.2 Å².